The Bertz CT molecular complexity index is 399. The predicted octanol–water partition coefficient (Wildman–Crippen LogP) is 0.503. The fraction of sp³-hybridized carbons (Fsp3) is 0.929. The summed E-state index contributed by atoms with van der Waals surface area (Å²) in [6.45, 7) is 5.62. The number of carbonyl (C=O) groups excluding carboxylic acids is 1. The quantitative estimate of drug-likeness (QED) is 0.691. The molecule has 0 aromatic carbocycles. The van der Waals surface area contributed by atoms with Crippen LogP contribution in [0.5, 0.6) is 0 Å². The first-order chi connectivity index (χ1) is 10.9. The summed E-state index contributed by atoms with van der Waals surface area (Å²) in [5.74, 6) is -0.465. The molecule has 25 heavy (non-hydrogen) atoms. The van der Waals surface area contributed by atoms with Crippen LogP contribution in [-0.4, -0.2) is 93.0 Å². The lowest BCUT2D eigenvalue weighted by molar-refractivity contribution is -0.184. The van der Waals surface area contributed by atoms with Crippen molar-refractivity contribution in [2.24, 2.45) is 0 Å². The number of morpholine rings is 1. The largest absolute Gasteiger partial charge is 0.405 e. The second-order valence-corrected chi connectivity index (χ2v) is 5.84. The monoisotopic (exact) mass is 410 g/mol. The molecular weight excluding hydrogens is 384 g/mol. The Balaban J connectivity index is 0.00000288. The lowest BCUT2D eigenvalue weighted by Gasteiger charge is -2.36. The van der Waals surface area contributed by atoms with Gasteiger partial charge in [0.2, 0.25) is 0 Å². The number of piperazine rings is 1. The number of alkyl halides is 3. The highest BCUT2D eigenvalue weighted by Crippen LogP contribution is 2.24. The maximum atomic E-state index is 13.3. The van der Waals surface area contributed by atoms with E-state index in [2.05, 4.69) is 10.6 Å². The van der Waals surface area contributed by atoms with Crippen LogP contribution in [0.1, 0.15) is 6.92 Å². The van der Waals surface area contributed by atoms with Crippen LogP contribution in [0.15, 0.2) is 0 Å². The summed E-state index contributed by atoms with van der Waals surface area (Å²) in [4.78, 5) is 15.5. The molecule has 0 spiro atoms. The molecule has 11 heteroatoms. The molecule has 0 aromatic rings. The minimum Gasteiger partial charge on any atom is -0.366 e. The van der Waals surface area contributed by atoms with Gasteiger partial charge in [0.1, 0.15) is 12.1 Å². The minimum atomic E-state index is -4.37. The highest BCUT2D eigenvalue weighted by Gasteiger charge is 2.44. The number of hydrogen-bond donors (Lipinski definition) is 2. The van der Waals surface area contributed by atoms with Crippen molar-refractivity contribution < 1.29 is 22.7 Å². The van der Waals surface area contributed by atoms with Crippen molar-refractivity contribution in [3.8, 4) is 0 Å². The van der Waals surface area contributed by atoms with E-state index in [1.165, 1.54) is 4.90 Å². The average Bonchev–Trinajstić information content (AvgIpc) is 2.54. The van der Waals surface area contributed by atoms with E-state index < -0.39 is 30.8 Å². The molecule has 2 aliphatic rings. The number of hydrogen-bond acceptors (Lipinski definition) is 5. The Labute approximate surface area is 158 Å². The summed E-state index contributed by atoms with van der Waals surface area (Å²) < 4.78 is 45.2. The van der Waals surface area contributed by atoms with Crippen LogP contribution in [0.25, 0.3) is 0 Å². The first-order valence-corrected chi connectivity index (χ1v) is 8.05. The molecule has 2 unspecified atom stereocenters. The SMILES string of the molecule is CCN1CCOC(C(=O)NCC(N2CCNCC2)C(F)(F)F)C1.Cl.Cl. The third-order valence-electron chi connectivity index (χ3n) is 4.33. The second kappa shape index (κ2) is 11.4. The maximum Gasteiger partial charge on any atom is 0.405 e. The summed E-state index contributed by atoms with van der Waals surface area (Å²) in [5.41, 5.74) is 0. The van der Waals surface area contributed by atoms with Gasteiger partial charge in [0.15, 0.2) is 0 Å². The number of nitrogens with zero attached hydrogens (tertiary/aromatic N) is 2. The molecule has 0 aliphatic carbocycles. The highest BCUT2D eigenvalue weighted by atomic mass is 35.5. The molecule has 6 nitrogen and oxygen atoms in total. The Morgan fingerprint density at radius 3 is 2.48 bits per heavy atom. The molecule has 2 fully saturated rings. The van der Waals surface area contributed by atoms with E-state index in [-0.39, 0.29) is 24.8 Å². The second-order valence-electron chi connectivity index (χ2n) is 5.84. The molecular formula is C14H27Cl2F3N4O2. The van der Waals surface area contributed by atoms with Crippen LogP contribution >= 0.6 is 24.8 Å². The Hall–Kier alpha value is -0.320. The molecule has 2 aliphatic heterocycles. The topological polar surface area (TPSA) is 56.8 Å². The summed E-state index contributed by atoms with van der Waals surface area (Å²) >= 11 is 0. The zero-order valence-corrected chi connectivity index (χ0v) is 15.8. The van der Waals surface area contributed by atoms with Crippen LogP contribution in [-0.2, 0) is 9.53 Å². The van der Waals surface area contributed by atoms with Gasteiger partial charge in [0.05, 0.1) is 6.61 Å². The van der Waals surface area contributed by atoms with Crippen LogP contribution in [0.3, 0.4) is 0 Å². The number of rotatable bonds is 5. The molecule has 2 rings (SSSR count). The molecule has 2 heterocycles. The van der Waals surface area contributed by atoms with E-state index in [4.69, 9.17) is 4.74 Å². The standard InChI is InChI=1S/C14H25F3N4O2.2ClH/c1-2-20-7-8-23-11(10-20)13(22)19-9-12(14(15,16)17)21-5-3-18-4-6-21;;/h11-12,18H,2-10H2,1H3,(H,19,22);2*1H. The first kappa shape index (κ1) is 24.7. The van der Waals surface area contributed by atoms with E-state index in [1.54, 1.807) is 0 Å². The fourth-order valence-corrected chi connectivity index (χ4v) is 2.91. The molecule has 0 radical (unpaired) electrons. The molecule has 2 N–H and O–H groups in total. The summed E-state index contributed by atoms with van der Waals surface area (Å²) in [6.07, 6.45) is -5.06. The number of ether oxygens (including phenoxy) is 1. The lowest BCUT2D eigenvalue weighted by atomic mass is 10.2. The number of carbonyl (C=O) groups is 1. The average molecular weight is 411 g/mol. The third-order valence-corrected chi connectivity index (χ3v) is 4.33. The van der Waals surface area contributed by atoms with Gasteiger partial charge in [-0.15, -0.1) is 24.8 Å². The van der Waals surface area contributed by atoms with Gasteiger partial charge in [0.25, 0.3) is 5.91 Å². The van der Waals surface area contributed by atoms with Crippen molar-refractivity contribution in [2.75, 3.05) is 59.0 Å². The summed E-state index contributed by atoms with van der Waals surface area (Å²) in [7, 11) is 0. The Morgan fingerprint density at radius 2 is 1.92 bits per heavy atom. The van der Waals surface area contributed by atoms with E-state index in [1.807, 2.05) is 11.8 Å². The molecule has 1 amide bonds. The molecule has 2 saturated heterocycles. The molecule has 0 saturated carbocycles. The minimum absolute atomic E-state index is 0. The van der Waals surface area contributed by atoms with Gasteiger partial charge in [0, 0.05) is 45.8 Å². The van der Waals surface area contributed by atoms with Crippen molar-refractivity contribution >= 4 is 30.7 Å². The van der Waals surface area contributed by atoms with E-state index >= 15 is 0 Å². The van der Waals surface area contributed by atoms with Gasteiger partial charge in [-0.2, -0.15) is 13.2 Å². The van der Waals surface area contributed by atoms with Crippen LogP contribution in [0.2, 0.25) is 0 Å². The summed E-state index contributed by atoms with van der Waals surface area (Å²) in [6, 6.07) is -1.65. The van der Waals surface area contributed by atoms with Crippen molar-refractivity contribution in [3.63, 3.8) is 0 Å². The van der Waals surface area contributed by atoms with Crippen molar-refractivity contribution in [1.29, 1.82) is 0 Å². The smallest absolute Gasteiger partial charge is 0.366 e. The van der Waals surface area contributed by atoms with Gasteiger partial charge < -0.3 is 15.4 Å². The van der Waals surface area contributed by atoms with Crippen molar-refractivity contribution in [3.05, 3.63) is 0 Å². The maximum absolute atomic E-state index is 13.3. The Kier molecular flexibility index (Phi) is 11.3. The number of halogens is 5. The van der Waals surface area contributed by atoms with Crippen LogP contribution < -0.4 is 10.6 Å². The normalized spacial score (nSPS) is 23.9. The van der Waals surface area contributed by atoms with Gasteiger partial charge in [-0.25, -0.2) is 0 Å². The van der Waals surface area contributed by atoms with Gasteiger partial charge in [-0.3, -0.25) is 14.6 Å². The number of amides is 1. The van der Waals surface area contributed by atoms with E-state index in [0.717, 1.165) is 13.1 Å². The van der Waals surface area contributed by atoms with Crippen LogP contribution in [0, 0.1) is 0 Å². The van der Waals surface area contributed by atoms with Gasteiger partial charge >= 0.3 is 6.18 Å². The highest BCUT2D eigenvalue weighted by molar-refractivity contribution is 5.85. The first-order valence-electron chi connectivity index (χ1n) is 8.05. The zero-order valence-electron chi connectivity index (χ0n) is 14.2. The van der Waals surface area contributed by atoms with Crippen LogP contribution in [0.4, 0.5) is 13.2 Å². The van der Waals surface area contributed by atoms with E-state index in [9.17, 15) is 18.0 Å². The molecule has 150 valence electrons. The number of likely N-dealkylation sites (N-methyl/N-ethyl adjacent to an activating group) is 1. The molecule has 0 aromatic heterocycles. The van der Waals surface area contributed by atoms with Gasteiger partial charge in [-0.05, 0) is 6.54 Å². The van der Waals surface area contributed by atoms with Crippen molar-refractivity contribution in [2.45, 2.75) is 25.2 Å². The third kappa shape index (κ3) is 7.44. The Morgan fingerprint density at radius 1 is 1.28 bits per heavy atom. The van der Waals surface area contributed by atoms with Gasteiger partial charge in [-0.1, -0.05) is 6.92 Å². The summed E-state index contributed by atoms with van der Waals surface area (Å²) in [5, 5.41) is 5.46. The van der Waals surface area contributed by atoms with Crippen molar-refractivity contribution in [1.82, 2.24) is 20.4 Å². The fourth-order valence-electron chi connectivity index (χ4n) is 2.91. The molecule has 0 bridgehead atoms. The van der Waals surface area contributed by atoms with E-state index in [0.29, 0.717) is 39.3 Å². The number of nitrogens with one attached hydrogen (secondary N) is 2. The zero-order chi connectivity index (χ0) is 16.9. The molecule has 2 atom stereocenters. The lowest BCUT2D eigenvalue weighted by Crippen LogP contribution is -2.59. The predicted molar refractivity (Wildman–Crippen MR) is 93.6 cm³/mol.